The van der Waals surface area contributed by atoms with Crippen LogP contribution in [0.2, 0.25) is 0 Å². The zero-order valence-electron chi connectivity index (χ0n) is 12.8. The molecule has 2 aromatic carbocycles. The predicted molar refractivity (Wildman–Crippen MR) is 87.3 cm³/mol. The molecule has 0 spiro atoms. The molecule has 0 radical (unpaired) electrons. The van der Waals surface area contributed by atoms with Gasteiger partial charge in [0.05, 0.1) is 13.2 Å². The molecule has 0 saturated carbocycles. The first kappa shape index (κ1) is 15.5. The van der Waals surface area contributed by atoms with Gasteiger partial charge in [0, 0.05) is 18.7 Å². The maximum Gasteiger partial charge on any atom is 0.123 e. The highest BCUT2D eigenvalue weighted by Crippen LogP contribution is 2.29. The largest absolute Gasteiger partial charge is 0.496 e. The zero-order chi connectivity index (χ0) is 15.1. The lowest BCUT2D eigenvalue weighted by atomic mass is 10.0. The highest BCUT2D eigenvalue weighted by atomic mass is 16.5. The van der Waals surface area contributed by atoms with Gasteiger partial charge in [0.1, 0.15) is 5.75 Å². The Hall–Kier alpha value is -1.84. The summed E-state index contributed by atoms with van der Waals surface area (Å²) in [6.45, 7) is 4.56. The maximum absolute atomic E-state index is 6.06. The van der Waals surface area contributed by atoms with Crippen LogP contribution in [0, 0.1) is 0 Å². The average Bonchev–Trinajstić information content (AvgIpc) is 2.56. The van der Waals surface area contributed by atoms with Crippen molar-refractivity contribution in [1.29, 1.82) is 0 Å². The van der Waals surface area contributed by atoms with Crippen LogP contribution in [-0.4, -0.2) is 25.1 Å². The molecule has 21 heavy (non-hydrogen) atoms. The van der Waals surface area contributed by atoms with Crippen LogP contribution in [0.15, 0.2) is 54.6 Å². The van der Waals surface area contributed by atoms with Crippen LogP contribution in [0.3, 0.4) is 0 Å². The van der Waals surface area contributed by atoms with Gasteiger partial charge < -0.3 is 10.5 Å². The Morgan fingerprint density at radius 1 is 1.05 bits per heavy atom. The third kappa shape index (κ3) is 3.84. The minimum Gasteiger partial charge on any atom is -0.496 e. The fraction of sp³-hybridized carbons (Fsp3) is 0.333. The van der Waals surface area contributed by atoms with E-state index >= 15 is 0 Å². The zero-order valence-corrected chi connectivity index (χ0v) is 12.8. The Labute approximate surface area is 127 Å². The van der Waals surface area contributed by atoms with Crippen molar-refractivity contribution in [2.24, 2.45) is 5.73 Å². The number of hydrogen-bond acceptors (Lipinski definition) is 3. The van der Waals surface area contributed by atoms with Gasteiger partial charge in [-0.05, 0) is 18.2 Å². The highest BCUT2D eigenvalue weighted by molar-refractivity contribution is 5.36. The second-order valence-electron chi connectivity index (χ2n) is 5.04. The van der Waals surface area contributed by atoms with Gasteiger partial charge >= 0.3 is 0 Å². The Balaban J connectivity index is 2.25. The van der Waals surface area contributed by atoms with E-state index in [9.17, 15) is 0 Å². The minimum atomic E-state index is 0.159. The summed E-state index contributed by atoms with van der Waals surface area (Å²) in [6.07, 6.45) is 0. The number of rotatable bonds is 7. The first-order valence-corrected chi connectivity index (χ1v) is 7.41. The Morgan fingerprint density at radius 3 is 2.33 bits per heavy atom. The van der Waals surface area contributed by atoms with Crippen LogP contribution in [0.5, 0.6) is 5.75 Å². The highest BCUT2D eigenvalue weighted by Gasteiger charge is 2.20. The third-order valence-electron chi connectivity index (χ3n) is 3.80. The Kier molecular flexibility index (Phi) is 5.78. The number of para-hydroxylation sites is 1. The van der Waals surface area contributed by atoms with Crippen molar-refractivity contribution in [2.75, 3.05) is 20.2 Å². The maximum atomic E-state index is 6.06. The number of hydrogen-bond donors (Lipinski definition) is 1. The molecule has 2 rings (SSSR count). The van der Waals surface area contributed by atoms with Crippen molar-refractivity contribution < 1.29 is 4.74 Å². The monoisotopic (exact) mass is 284 g/mol. The van der Waals surface area contributed by atoms with E-state index < -0.39 is 0 Å². The van der Waals surface area contributed by atoms with Gasteiger partial charge in [-0.1, -0.05) is 55.5 Å². The van der Waals surface area contributed by atoms with Crippen LogP contribution in [0.1, 0.15) is 24.1 Å². The molecule has 112 valence electrons. The van der Waals surface area contributed by atoms with E-state index in [0.29, 0.717) is 6.54 Å². The van der Waals surface area contributed by atoms with Gasteiger partial charge in [0.15, 0.2) is 0 Å². The molecule has 0 saturated heterocycles. The molecular weight excluding hydrogens is 260 g/mol. The van der Waals surface area contributed by atoms with Crippen LogP contribution in [0.4, 0.5) is 0 Å². The normalized spacial score (nSPS) is 12.4. The molecule has 2 aromatic rings. The van der Waals surface area contributed by atoms with Crippen molar-refractivity contribution in [3.05, 3.63) is 65.7 Å². The number of methoxy groups -OCH3 is 1. The molecular formula is C18H24N2O. The topological polar surface area (TPSA) is 38.5 Å². The summed E-state index contributed by atoms with van der Waals surface area (Å²) in [5.74, 6) is 0.902. The lowest BCUT2D eigenvalue weighted by Gasteiger charge is -2.31. The molecule has 0 heterocycles. The van der Waals surface area contributed by atoms with E-state index in [4.69, 9.17) is 10.5 Å². The summed E-state index contributed by atoms with van der Waals surface area (Å²) in [5.41, 5.74) is 8.51. The fourth-order valence-electron chi connectivity index (χ4n) is 2.67. The van der Waals surface area contributed by atoms with Crippen LogP contribution >= 0.6 is 0 Å². The molecule has 0 aliphatic carbocycles. The lowest BCUT2D eigenvalue weighted by Crippen LogP contribution is -2.33. The second-order valence-corrected chi connectivity index (χ2v) is 5.04. The quantitative estimate of drug-likeness (QED) is 0.848. The number of nitrogens with zero attached hydrogens (tertiary/aromatic N) is 1. The third-order valence-corrected chi connectivity index (χ3v) is 3.80. The summed E-state index contributed by atoms with van der Waals surface area (Å²) in [6, 6.07) is 18.8. The van der Waals surface area contributed by atoms with E-state index in [1.165, 1.54) is 5.56 Å². The summed E-state index contributed by atoms with van der Waals surface area (Å²) in [4.78, 5) is 2.38. The number of nitrogens with two attached hydrogens (primary N) is 1. The standard InChI is InChI=1S/C18H24N2O/c1-3-20(14-15-9-5-4-6-10-15)17(13-19)16-11-7-8-12-18(16)21-2/h4-12,17H,3,13-14,19H2,1-2H3. The van der Waals surface area contributed by atoms with Crippen molar-refractivity contribution in [1.82, 2.24) is 4.90 Å². The molecule has 3 heteroatoms. The smallest absolute Gasteiger partial charge is 0.123 e. The molecule has 2 N–H and O–H groups in total. The molecule has 0 aliphatic rings. The van der Waals surface area contributed by atoms with E-state index in [2.05, 4.69) is 42.2 Å². The second kappa shape index (κ2) is 7.81. The molecule has 0 amide bonds. The van der Waals surface area contributed by atoms with E-state index in [-0.39, 0.29) is 6.04 Å². The molecule has 3 nitrogen and oxygen atoms in total. The van der Waals surface area contributed by atoms with Crippen LogP contribution in [-0.2, 0) is 6.54 Å². The lowest BCUT2D eigenvalue weighted by molar-refractivity contribution is 0.199. The van der Waals surface area contributed by atoms with E-state index in [1.54, 1.807) is 7.11 Å². The number of likely N-dealkylation sites (N-methyl/N-ethyl adjacent to an activating group) is 1. The molecule has 1 unspecified atom stereocenters. The molecule has 0 bridgehead atoms. The van der Waals surface area contributed by atoms with E-state index in [1.807, 2.05) is 24.3 Å². The number of ether oxygens (including phenoxy) is 1. The van der Waals surface area contributed by atoms with Crippen molar-refractivity contribution >= 4 is 0 Å². The molecule has 0 aromatic heterocycles. The summed E-state index contributed by atoms with van der Waals surface area (Å²) >= 11 is 0. The van der Waals surface area contributed by atoms with Crippen LogP contribution < -0.4 is 10.5 Å². The Bertz CT molecular complexity index is 542. The van der Waals surface area contributed by atoms with Crippen molar-refractivity contribution in [2.45, 2.75) is 19.5 Å². The van der Waals surface area contributed by atoms with Crippen molar-refractivity contribution in [3.8, 4) is 5.75 Å². The first-order valence-electron chi connectivity index (χ1n) is 7.41. The fourth-order valence-corrected chi connectivity index (χ4v) is 2.67. The molecule has 0 fully saturated rings. The molecule has 1 atom stereocenters. The SMILES string of the molecule is CCN(Cc1ccccc1)C(CN)c1ccccc1OC. The van der Waals surface area contributed by atoms with Crippen molar-refractivity contribution in [3.63, 3.8) is 0 Å². The first-order chi connectivity index (χ1) is 10.3. The number of benzene rings is 2. The summed E-state index contributed by atoms with van der Waals surface area (Å²) in [7, 11) is 1.71. The Morgan fingerprint density at radius 2 is 1.71 bits per heavy atom. The van der Waals surface area contributed by atoms with E-state index in [0.717, 1.165) is 24.4 Å². The predicted octanol–water partition coefficient (Wildman–Crippen LogP) is 3.22. The average molecular weight is 284 g/mol. The van der Waals surface area contributed by atoms with Gasteiger partial charge in [0.25, 0.3) is 0 Å². The summed E-state index contributed by atoms with van der Waals surface area (Å²) < 4.78 is 5.49. The minimum absolute atomic E-state index is 0.159. The summed E-state index contributed by atoms with van der Waals surface area (Å²) in [5, 5.41) is 0. The van der Waals surface area contributed by atoms with Gasteiger partial charge in [-0.15, -0.1) is 0 Å². The van der Waals surface area contributed by atoms with Gasteiger partial charge in [0.2, 0.25) is 0 Å². The van der Waals surface area contributed by atoms with Gasteiger partial charge in [-0.25, -0.2) is 0 Å². The molecule has 0 aliphatic heterocycles. The van der Waals surface area contributed by atoms with Gasteiger partial charge in [-0.2, -0.15) is 0 Å². The van der Waals surface area contributed by atoms with Gasteiger partial charge in [-0.3, -0.25) is 4.90 Å². The van der Waals surface area contributed by atoms with Crippen LogP contribution in [0.25, 0.3) is 0 Å².